The van der Waals surface area contributed by atoms with E-state index in [0.717, 1.165) is 0 Å². The van der Waals surface area contributed by atoms with Crippen LogP contribution in [0.5, 0.6) is 0 Å². The first-order valence-corrected chi connectivity index (χ1v) is 16.6. The molecule has 0 N–H and O–H groups in total. The summed E-state index contributed by atoms with van der Waals surface area (Å²) < 4.78 is 9.86. The van der Waals surface area contributed by atoms with Gasteiger partial charge in [-0.3, -0.25) is 0 Å². The summed E-state index contributed by atoms with van der Waals surface area (Å²) in [5.41, 5.74) is 0.572. The van der Waals surface area contributed by atoms with E-state index < -0.39 is 18.8 Å². The van der Waals surface area contributed by atoms with Crippen molar-refractivity contribution < 1.29 is 7.87 Å². The van der Waals surface area contributed by atoms with E-state index in [-0.39, 0.29) is 5.97 Å². The van der Waals surface area contributed by atoms with Gasteiger partial charge in [0.1, 0.15) is 0 Å². The van der Waals surface area contributed by atoms with E-state index in [4.69, 9.17) is 3.07 Å². The molecule has 0 spiro atoms. The Hall–Kier alpha value is 0.00870. The molecule has 0 saturated heterocycles. The Morgan fingerprint density at radius 1 is 0.818 bits per heavy atom. The quantitative estimate of drug-likeness (QED) is 0.180. The van der Waals surface area contributed by atoms with E-state index in [1.54, 1.807) is 6.92 Å². The van der Waals surface area contributed by atoms with Gasteiger partial charge in [0.25, 0.3) is 0 Å². The number of hydrogen-bond acceptors (Lipinski definition) is 2. The summed E-state index contributed by atoms with van der Waals surface area (Å²) in [4.78, 5) is 12.2. The third-order valence-corrected chi connectivity index (χ3v) is 17.0. The fourth-order valence-corrected chi connectivity index (χ4v) is 15.2. The standard InChI is InChI=1S/3C5H11.C4H6O2.Sn/c3*1-3-5-4-2;1-3(2)4(5)6;/h3*1,3-5H2,2H3;1H2,2H3,(H,5,6);/q;;;;+1/p-1. The molecule has 0 aliphatic heterocycles. The van der Waals surface area contributed by atoms with Gasteiger partial charge >= 0.3 is 144 Å². The van der Waals surface area contributed by atoms with Crippen molar-refractivity contribution in [2.24, 2.45) is 0 Å². The third-order valence-electron chi connectivity index (χ3n) is 4.37. The van der Waals surface area contributed by atoms with Crippen LogP contribution in [0.15, 0.2) is 12.2 Å². The van der Waals surface area contributed by atoms with Crippen molar-refractivity contribution >= 4 is 24.8 Å². The molecule has 0 unspecified atom stereocenters. The summed E-state index contributed by atoms with van der Waals surface area (Å²) in [6.45, 7) is 12.3. The van der Waals surface area contributed by atoms with Crippen LogP contribution in [0.1, 0.15) is 85.5 Å². The van der Waals surface area contributed by atoms with Crippen LogP contribution in [-0.2, 0) is 7.87 Å². The van der Waals surface area contributed by atoms with E-state index in [2.05, 4.69) is 27.4 Å². The minimum atomic E-state index is -2.81. The molecule has 0 amide bonds. The van der Waals surface area contributed by atoms with Crippen LogP contribution in [0.3, 0.4) is 0 Å². The molecule has 0 aromatic heterocycles. The van der Waals surface area contributed by atoms with Crippen LogP contribution in [0.2, 0.25) is 13.3 Å². The van der Waals surface area contributed by atoms with Gasteiger partial charge in [-0.25, -0.2) is 0 Å². The van der Waals surface area contributed by atoms with E-state index in [1.165, 1.54) is 71.1 Å². The molecule has 0 rings (SSSR count). The average Bonchev–Trinajstić information content (AvgIpc) is 2.48. The Morgan fingerprint density at radius 2 is 1.18 bits per heavy atom. The molecule has 0 radical (unpaired) electrons. The zero-order valence-corrected chi connectivity index (χ0v) is 18.4. The molecule has 130 valence electrons. The molecule has 0 aliphatic rings. The second kappa shape index (κ2) is 13.4. The number of unbranched alkanes of at least 4 members (excludes halogenated alkanes) is 6. The van der Waals surface area contributed by atoms with Crippen LogP contribution in [0, 0.1) is 0 Å². The zero-order valence-electron chi connectivity index (χ0n) is 15.5. The topological polar surface area (TPSA) is 26.3 Å². The van der Waals surface area contributed by atoms with Crippen LogP contribution in [-0.4, -0.2) is 24.8 Å². The number of rotatable bonds is 14. The van der Waals surface area contributed by atoms with E-state index in [9.17, 15) is 4.79 Å². The molecule has 2 nitrogen and oxygen atoms in total. The molecule has 0 aliphatic carbocycles. The van der Waals surface area contributed by atoms with Gasteiger partial charge in [0.05, 0.1) is 0 Å². The fraction of sp³-hybridized carbons (Fsp3) is 0.842. The van der Waals surface area contributed by atoms with Gasteiger partial charge in [-0.05, 0) is 0 Å². The van der Waals surface area contributed by atoms with Crippen molar-refractivity contribution in [2.75, 3.05) is 0 Å². The van der Waals surface area contributed by atoms with Gasteiger partial charge in [-0.2, -0.15) is 0 Å². The Morgan fingerprint density at radius 3 is 1.45 bits per heavy atom. The van der Waals surface area contributed by atoms with Crippen molar-refractivity contribution in [1.29, 1.82) is 0 Å². The van der Waals surface area contributed by atoms with Gasteiger partial charge in [0, 0.05) is 0 Å². The van der Waals surface area contributed by atoms with E-state index in [0.29, 0.717) is 5.57 Å². The summed E-state index contributed by atoms with van der Waals surface area (Å²) in [5.74, 6) is -0.111. The molecule has 22 heavy (non-hydrogen) atoms. The predicted octanol–water partition coefficient (Wildman–Crippen LogP) is 6.62. The zero-order chi connectivity index (χ0) is 16.8. The molecule has 0 aromatic rings. The molecular weight excluding hydrogens is 379 g/mol. The first kappa shape index (κ1) is 22.0. The third kappa shape index (κ3) is 9.91. The summed E-state index contributed by atoms with van der Waals surface area (Å²) in [7, 11) is 0. The van der Waals surface area contributed by atoms with Crippen LogP contribution >= 0.6 is 0 Å². The molecule has 0 bridgehead atoms. The van der Waals surface area contributed by atoms with Crippen molar-refractivity contribution in [3.63, 3.8) is 0 Å². The van der Waals surface area contributed by atoms with Gasteiger partial charge < -0.3 is 0 Å². The van der Waals surface area contributed by atoms with Gasteiger partial charge in [-0.15, -0.1) is 0 Å². The van der Waals surface area contributed by atoms with E-state index >= 15 is 0 Å². The molecule has 0 fully saturated rings. The normalized spacial score (nSPS) is 11.5. The van der Waals surface area contributed by atoms with Crippen LogP contribution < -0.4 is 0 Å². The second-order valence-electron chi connectivity index (χ2n) is 6.72. The molecule has 0 heterocycles. The summed E-state index contributed by atoms with van der Waals surface area (Å²) in [5, 5.41) is 0. The molecule has 3 heteroatoms. The van der Waals surface area contributed by atoms with Gasteiger partial charge in [-0.1, -0.05) is 0 Å². The number of carbonyl (C=O) groups excluding carboxylic acids is 1. The Kier molecular flexibility index (Phi) is 13.5. The first-order chi connectivity index (χ1) is 10.5. The van der Waals surface area contributed by atoms with Crippen molar-refractivity contribution in [3.8, 4) is 0 Å². The summed E-state index contributed by atoms with van der Waals surface area (Å²) in [6, 6.07) is 0. The monoisotopic (exact) mass is 418 g/mol. The fourth-order valence-electron chi connectivity index (χ4n) is 2.90. The minimum absolute atomic E-state index is 0.111. The molecule has 0 saturated carbocycles. The van der Waals surface area contributed by atoms with Crippen LogP contribution in [0.25, 0.3) is 0 Å². The van der Waals surface area contributed by atoms with Gasteiger partial charge in [0.2, 0.25) is 0 Å². The summed E-state index contributed by atoms with van der Waals surface area (Å²) >= 11 is -2.81. The first-order valence-electron chi connectivity index (χ1n) is 9.40. The number of hydrogen-bond donors (Lipinski definition) is 0. The van der Waals surface area contributed by atoms with Crippen molar-refractivity contribution in [3.05, 3.63) is 12.2 Å². The molecule has 0 atom stereocenters. The Labute approximate surface area is 143 Å². The predicted molar refractivity (Wildman–Crippen MR) is 99.7 cm³/mol. The number of carbonyl (C=O) groups is 1. The molecule has 0 aromatic carbocycles. The maximum absolute atomic E-state index is 12.2. The summed E-state index contributed by atoms with van der Waals surface area (Å²) in [6.07, 6.45) is 11.2. The Balaban J connectivity index is 4.91. The SMILES string of the molecule is C=C(C)C(=O)[O][Sn]([CH2]CCCC)([CH2]CCCC)[CH2]CCCC. The maximum atomic E-state index is 12.2. The van der Waals surface area contributed by atoms with Crippen molar-refractivity contribution in [2.45, 2.75) is 98.8 Å². The van der Waals surface area contributed by atoms with E-state index in [1.807, 2.05) is 0 Å². The average molecular weight is 417 g/mol. The van der Waals surface area contributed by atoms with Crippen molar-refractivity contribution in [1.82, 2.24) is 0 Å². The second-order valence-corrected chi connectivity index (χ2v) is 18.3. The van der Waals surface area contributed by atoms with Gasteiger partial charge in [0.15, 0.2) is 0 Å². The molecular formula is C19H38O2Sn. The van der Waals surface area contributed by atoms with Crippen LogP contribution in [0.4, 0.5) is 0 Å². The Bertz CT molecular complexity index is 286.